The van der Waals surface area contributed by atoms with E-state index in [1.807, 2.05) is 24.3 Å². The standard InChI is InChI=1S/C19H20N2O3S2/c1-13-7-8-17(14(2)9-13)25-11-15-5-4-6-16(10-15)19-20-18(21-24-19)12-26(3,22)23/h4-10H,11-12H2,1-3H3. The van der Waals surface area contributed by atoms with E-state index >= 15 is 0 Å². The minimum Gasteiger partial charge on any atom is -0.334 e. The number of thioether (sulfide) groups is 1. The van der Waals surface area contributed by atoms with Crippen LogP contribution in [-0.4, -0.2) is 24.8 Å². The summed E-state index contributed by atoms with van der Waals surface area (Å²) in [5.41, 5.74) is 4.45. The maximum Gasteiger partial charge on any atom is 0.257 e. The van der Waals surface area contributed by atoms with Gasteiger partial charge in [0.05, 0.1) is 0 Å². The van der Waals surface area contributed by atoms with Crippen LogP contribution in [0, 0.1) is 13.8 Å². The number of aromatic nitrogens is 2. The first-order chi connectivity index (χ1) is 12.3. The van der Waals surface area contributed by atoms with Gasteiger partial charge in [-0.2, -0.15) is 4.98 Å². The molecule has 0 aliphatic rings. The van der Waals surface area contributed by atoms with Gasteiger partial charge in [0.25, 0.3) is 5.89 Å². The molecule has 0 fully saturated rings. The zero-order valence-corrected chi connectivity index (χ0v) is 16.5. The molecule has 3 aromatic rings. The molecule has 0 saturated heterocycles. The van der Waals surface area contributed by atoms with Gasteiger partial charge in [0.1, 0.15) is 5.75 Å². The van der Waals surface area contributed by atoms with E-state index in [0.29, 0.717) is 5.89 Å². The molecule has 3 rings (SSSR count). The molecule has 0 radical (unpaired) electrons. The molecule has 0 N–H and O–H groups in total. The summed E-state index contributed by atoms with van der Waals surface area (Å²) in [6.07, 6.45) is 1.15. The molecule has 0 aliphatic carbocycles. The molecule has 0 aliphatic heterocycles. The van der Waals surface area contributed by atoms with Gasteiger partial charge < -0.3 is 4.52 Å². The Balaban J connectivity index is 1.74. The summed E-state index contributed by atoms with van der Waals surface area (Å²) < 4.78 is 27.9. The Morgan fingerprint density at radius 2 is 1.92 bits per heavy atom. The summed E-state index contributed by atoms with van der Waals surface area (Å²) in [5, 5.41) is 3.75. The fourth-order valence-electron chi connectivity index (χ4n) is 2.58. The van der Waals surface area contributed by atoms with Crippen molar-refractivity contribution < 1.29 is 12.9 Å². The molecule has 1 heterocycles. The van der Waals surface area contributed by atoms with Crippen molar-refractivity contribution in [1.82, 2.24) is 10.1 Å². The highest BCUT2D eigenvalue weighted by molar-refractivity contribution is 7.98. The topological polar surface area (TPSA) is 73.1 Å². The van der Waals surface area contributed by atoms with Crippen molar-refractivity contribution in [1.29, 1.82) is 0 Å². The quantitative estimate of drug-likeness (QED) is 0.590. The molecule has 136 valence electrons. The molecule has 26 heavy (non-hydrogen) atoms. The van der Waals surface area contributed by atoms with Crippen LogP contribution in [0.4, 0.5) is 0 Å². The van der Waals surface area contributed by atoms with Crippen molar-refractivity contribution in [3.05, 3.63) is 65.0 Å². The van der Waals surface area contributed by atoms with Gasteiger partial charge in [-0.05, 0) is 43.2 Å². The summed E-state index contributed by atoms with van der Waals surface area (Å²) in [6, 6.07) is 14.3. The van der Waals surface area contributed by atoms with E-state index in [4.69, 9.17) is 4.52 Å². The average molecular weight is 389 g/mol. The molecule has 0 unspecified atom stereocenters. The van der Waals surface area contributed by atoms with Crippen LogP contribution in [0.2, 0.25) is 0 Å². The summed E-state index contributed by atoms with van der Waals surface area (Å²) in [4.78, 5) is 5.44. The van der Waals surface area contributed by atoms with Crippen molar-refractivity contribution >= 4 is 21.6 Å². The third-order valence-electron chi connectivity index (χ3n) is 3.76. The molecule has 0 spiro atoms. The summed E-state index contributed by atoms with van der Waals surface area (Å²) in [6.45, 7) is 4.21. The average Bonchev–Trinajstić information content (AvgIpc) is 3.01. The second-order valence-corrected chi connectivity index (χ2v) is 9.50. The number of aryl methyl sites for hydroxylation is 2. The zero-order valence-electron chi connectivity index (χ0n) is 14.9. The van der Waals surface area contributed by atoms with Crippen molar-refractivity contribution in [2.24, 2.45) is 0 Å². The third-order valence-corrected chi connectivity index (χ3v) is 5.79. The molecule has 1 aromatic heterocycles. The maximum absolute atomic E-state index is 11.3. The number of hydrogen-bond donors (Lipinski definition) is 0. The Labute approximate surface area is 157 Å². The number of benzene rings is 2. The summed E-state index contributed by atoms with van der Waals surface area (Å²) >= 11 is 1.78. The highest BCUT2D eigenvalue weighted by Gasteiger charge is 2.13. The first-order valence-corrected chi connectivity index (χ1v) is 11.1. The van der Waals surface area contributed by atoms with Crippen LogP contribution in [0.3, 0.4) is 0 Å². The van der Waals surface area contributed by atoms with Crippen molar-refractivity contribution in [3.8, 4) is 11.5 Å². The molecule has 0 atom stereocenters. The fourth-order valence-corrected chi connectivity index (χ4v) is 4.12. The predicted molar refractivity (Wildman–Crippen MR) is 104 cm³/mol. The molecular formula is C19H20N2O3S2. The van der Waals surface area contributed by atoms with Crippen LogP contribution in [-0.2, 0) is 21.3 Å². The van der Waals surface area contributed by atoms with Crippen LogP contribution in [0.1, 0.15) is 22.5 Å². The van der Waals surface area contributed by atoms with Crippen molar-refractivity contribution in [3.63, 3.8) is 0 Å². The number of nitrogens with zero attached hydrogens (tertiary/aromatic N) is 2. The first kappa shape index (κ1) is 18.7. The van der Waals surface area contributed by atoms with Crippen molar-refractivity contribution in [2.45, 2.75) is 30.2 Å². The second-order valence-electron chi connectivity index (χ2n) is 6.34. The maximum atomic E-state index is 11.3. The fraction of sp³-hybridized carbons (Fsp3) is 0.263. The van der Waals surface area contributed by atoms with Gasteiger partial charge in [-0.15, -0.1) is 11.8 Å². The van der Waals surface area contributed by atoms with Gasteiger partial charge in [0.2, 0.25) is 0 Å². The molecule has 0 amide bonds. The van der Waals surface area contributed by atoms with Gasteiger partial charge in [-0.3, -0.25) is 0 Å². The third kappa shape index (κ3) is 4.95. The van der Waals surface area contributed by atoms with E-state index in [1.54, 1.807) is 11.8 Å². The Kier molecular flexibility index (Phi) is 5.48. The Hall–Kier alpha value is -2.12. The normalized spacial score (nSPS) is 11.7. The first-order valence-electron chi connectivity index (χ1n) is 8.10. The van der Waals surface area contributed by atoms with E-state index in [2.05, 4.69) is 42.2 Å². The zero-order chi connectivity index (χ0) is 18.7. The van der Waals surface area contributed by atoms with Crippen LogP contribution in [0.15, 0.2) is 51.9 Å². The highest BCUT2D eigenvalue weighted by Crippen LogP contribution is 2.28. The van der Waals surface area contributed by atoms with Crippen LogP contribution >= 0.6 is 11.8 Å². The number of hydrogen-bond acceptors (Lipinski definition) is 6. The second kappa shape index (κ2) is 7.63. The highest BCUT2D eigenvalue weighted by atomic mass is 32.2. The number of sulfone groups is 1. The van der Waals surface area contributed by atoms with Crippen LogP contribution in [0.5, 0.6) is 0 Å². The molecule has 5 nitrogen and oxygen atoms in total. The number of rotatable bonds is 6. The van der Waals surface area contributed by atoms with Gasteiger partial charge in [-0.25, -0.2) is 8.42 Å². The lowest BCUT2D eigenvalue weighted by Gasteiger charge is -2.07. The Bertz CT molecular complexity index is 1030. The minimum absolute atomic E-state index is 0.178. The SMILES string of the molecule is Cc1ccc(SCc2cccc(-c3nc(CS(C)(=O)=O)no3)c2)c(C)c1. The van der Waals surface area contributed by atoms with Gasteiger partial charge in [-0.1, -0.05) is 35.0 Å². The van der Waals surface area contributed by atoms with E-state index in [9.17, 15) is 8.42 Å². The van der Waals surface area contributed by atoms with Gasteiger partial charge >= 0.3 is 0 Å². The van der Waals surface area contributed by atoms with Crippen molar-refractivity contribution in [2.75, 3.05) is 6.26 Å². The van der Waals surface area contributed by atoms with E-state index in [-0.39, 0.29) is 11.6 Å². The van der Waals surface area contributed by atoms with E-state index in [0.717, 1.165) is 23.1 Å². The van der Waals surface area contributed by atoms with E-state index < -0.39 is 9.84 Å². The minimum atomic E-state index is -3.19. The van der Waals surface area contributed by atoms with Crippen LogP contribution < -0.4 is 0 Å². The molecule has 0 bridgehead atoms. The van der Waals surface area contributed by atoms with Gasteiger partial charge in [0, 0.05) is 22.5 Å². The van der Waals surface area contributed by atoms with Gasteiger partial charge in [0.15, 0.2) is 15.7 Å². The largest absolute Gasteiger partial charge is 0.334 e. The molecule has 7 heteroatoms. The lowest BCUT2D eigenvalue weighted by atomic mass is 10.1. The lowest BCUT2D eigenvalue weighted by molar-refractivity contribution is 0.424. The smallest absolute Gasteiger partial charge is 0.257 e. The van der Waals surface area contributed by atoms with Crippen LogP contribution in [0.25, 0.3) is 11.5 Å². The molecular weight excluding hydrogens is 368 g/mol. The monoisotopic (exact) mass is 388 g/mol. The van der Waals surface area contributed by atoms with E-state index in [1.165, 1.54) is 16.0 Å². The molecule has 2 aromatic carbocycles. The summed E-state index contributed by atoms with van der Waals surface area (Å²) in [7, 11) is -3.19. The Morgan fingerprint density at radius 3 is 2.65 bits per heavy atom. The summed E-state index contributed by atoms with van der Waals surface area (Å²) in [5.74, 6) is 1.11. The molecule has 0 saturated carbocycles. The Morgan fingerprint density at radius 1 is 1.12 bits per heavy atom. The predicted octanol–water partition coefficient (Wildman–Crippen LogP) is 4.19. The lowest BCUT2D eigenvalue weighted by Crippen LogP contribution is -2.02.